The van der Waals surface area contributed by atoms with Gasteiger partial charge in [-0.3, -0.25) is 4.79 Å². The van der Waals surface area contributed by atoms with Gasteiger partial charge in [0.05, 0.1) is 12.0 Å². The van der Waals surface area contributed by atoms with Crippen LogP contribution in [0.4, 0.5) is 0 Å². The Morgan fingerprint density at radius 3 is 1.76 bits per heavy atom. The van der Waals surface area contributed by atoms with Gasteiger partial charge in [0.2, 0.25) is 15.9 Å². The van der Waals surface area contributed by atoms with Crippen molar-refractivity contribution in [1.82, 2.24) is 9.62 Å². The molecule has 0 aliphatic heterocycles. The highest BCUT2D eigenvalue weighted by Crippen LogP contribution is 2.22. The van der Waals surface area contributed by atoms with E-state index in [1.165, 1.54) is 13.2 Å². The van der Waals surface area contributed by atoms with Crippen LogP contribution in [0.2, 0.25) is 0 Å². The van der Waals surface area contributed by atoms with E-state index in [1.54, 1.807) is 24.0 Å². The molecule has 0 heterocycles. The van der Waals surface area contributed by atoms with Crippen molar-refractivity contribution >= 4 is 15.9 Å². The first-order chi connectivity index (χ1) is 18.4. The molecule has 0 aromatic heterocycles. The molecule has 6 nitrogen and oxygen atoms in total. The van der Waals surface area contributed by atoms with Crippen LogP contribution in [0.5, 0.6) is 5.75 Å². The number of sulfonamides is 1. The van der Waals surface area contributed by atoms with Gasteiger partial charge in [0.25, 0.3) is 0 Å². The molecule has 0 fully saturated rings. The number of hydrogen-bond donors (Lipinski definition) is 1. The number of benzene rings is 4. The van der Waals surface area contributed by atoms with E-state index in [-0.39, 0.29) is 17.2 Å². The van der Waals surface area contributed by atoms with Crippen LogP contribution >= 0.6 is 0 Å². The van der Waals surface area contributed by atoms with Crippen molar-refractivity contribution in [1.29, 1.82) is 0 Å². The average Bonchev–Trinajstić information content (AvgIpc) is 2.93. The summed E-state index contributed by atoms with van der Waals surface area (Å²) in [6.45, 7) is 2.48. The molecule has 0 aliphatic carbocycles. The van der Waals surface area contributed by atoms with Crippen LogP contribution < -0.4 is 9.46 Å². The fraction of sp³-hybridized carbons (Fsp3) is 0.194. The minimum Gasteiger partial charge on any atom is -0.496 e. The number of hydrogen-bond acceptors (Lipinski definition) is 4. The minimum absolute atomic E-state index is 0.0827. The van der Waals surface area contributed by atoms with E-state index in [4.69, 9.17) is 4.74 Å². The van der Waals surface area contributed by atoms with Crippen molar-refractivity contribution < 1.29 is 17.9 Å². The van der Waals surface area contributed by atoms with Gasteiger partial charge >= 0.3 is 0 Å². The van der Waals surface area contributed by atoms with Gasteiger partial charge < -0.3 is 9.64 Å². The quantitative estimate of drug-likeness (QED) is 0.293. The molecule has 0 spiro atoms. The summed E-state index contributed by atoms with van der Waals surface area (Å²) in [5, 5.41) is 0. The molecule has 4 aromatic rings. The van der Waals surface area contributed by atoms with Crippen molar-refractivity contribution in [2.45, 2.75) is 37.4 Å². The molecule has 196 valence electrons. The normalized spacial score (nSPS) is 12.1. The molecule has 0 bridgehead atoms. The van der Waals surface area contributed by atoms with Crippen molar-refractivity contribution in [3.05, 3.63) is 131 Å². The van der Waals surface area contributed by atoms with Crippen LogP contribution in [0.25, 0.3) is 0 Å². The van der Waals surface area contributed by atoms with E-state index >= 15 is 0 Å². The molecular weight excluding hydrogens is 496 g/mol. The zero-order valence-electron chi connectivity index (χ0n) is 21.6. The summed E-state index contributed by atoms with van der Waals surface area (Å²) >= 11 is 0. The van der Waals surface area contributed by atoms with Gasteiger partial charge in [0, 0.05) is 13.1 Å². The van der Waals surface area contributed by atoms with Crippen molar-refractivity contribution in [2.75, 3.05) is 7.11 Å². The minimum atomic E-state index is -4.00. The molecule has 1 atom stereocenters. The maximum atomic E-state index is 14.1. The smallest absolute Gasteiger partial charge is 0.241 e. The topological polar surface area (TPSA) is 75.7 Å². The summed E-state index contributed by atoms with van der Waals surface area (Å²) in [6.07, 6.45) is 0.216. The first-order valence-corrected chi connectivity index (χ1v) is 13.9. The maximum Gasteiger partial charge on any atom is 0.241 e. The third-order valence-corrected chi connectivity index (χ3v) is 7.77. The highest BCUT2D eigenvalue weighted by Gasteiger charge is 2.30. The molecule has 1 amide bonds. The third-order valence-electron chi connectivity index (χ3n) is 6.30. The van der Waals surface area contributed by atoms with Crippen molar-refractivity contribution in [3.63, 3.8) is 0 Å². The Morgan fingerprint density at radius 2 is 1.29 bits per heavy atom. The fourth-order valence-electron chi connectivity index (χ4n) is 4.34. The molecule has 0 saturated carbocycles. The lowest BCUT2D eigenvalue weighted by Gasteiger charge is -2.28. The number of carbonyl (C=O) groups is 1. The van der Waals surface area contributed by atoms with Gasteiger partial charge in [-0.25, -0.2) is 8.42 Å². The molecule has 0 saturated heterocycles. The molecule has 4 rings (SSSR count). The van der Waals surface area contributed by atoms with Crippen molar-refractivity contribution in [3.8, 4) is 5.75 Å². The summed E-state index contributed by atoms with van der Waals surface area (Å²) in [6, 6.07) is 32.5. The first kappa shape index (κ1) is 27.1. The molecule has 0 unspecified atom stereocenters. The third kappa shape index (κ3) is 7.09. The van der Waals surface area contributed by atoms with Crippen molar-refractivity contribution in [2.24, 2.45) is 0 Å². The number of methoxy groups -OCH3 is 1. The SMILES string of the molecule is COc1ccc(S(=O)(=O)N[C@H](Cc2ccccc2)C(=O)N(Cc2ccccc2)Cc2ccccc2)cc1C. The average molecular weight is 529 g/mol. The highest BCUT2D eigenvalue weighted by molar-refractivity contribution is 7.89. The maximum absolute atomic E-state index is 14.1. The summed E-state index contributed by atoms with van der Waals surface area (Å²) < 4.78 is 35.0. The second kappa shape index (κ2) is 12.5. The van der Waals surface area contributed by atoms with Gasteiger partial charge in [0.1, 0.15) is 11.8 Å². The van der Waals surface area contributed by atoms with Gasteiger partial charge in [-0.15, -0.1) is 0 Å². The zero-order valence-corrected chi connectivity index (χ0v) is 22.4. The molecule has 0 aliphatic rings. The van der Waals surface area contributed by atoms with Gasteiger partial charge in [-0.2, -0.15) is 4.72 Å². The molecule has 4 aromatic carbocycles. The Hall–Kier alpha value is -3.94. The van der Waals surface area contributed by atoms with Crippen LogP contribution in [0.15, 0.2) is 114 Å². The number of aryl methyl sites for hydroxylation is 1. The number of nitrogens with one attached hydrogen (secondary N) is 1. The second-order valence-electron chi connectivity index (χ2n) is 9.16. The van der Waals surface area contributed by atoms with E-state index < -0.39 is 16.1 Å². The standard InChI is InChI=1S/C31H32N2O4S/c1-24-20-28(18-19-30(24)37-2)38(35,36)32-29(21-25-12-6-3-7-13-25)31(34)33(22-26-14-8-4-9-15-26)23-27-16-10-5-11-17-27/h3-20,29,32H,21-23H2,1-2H3/t29-/m1/s1. The monoisotopic (exact) mass is 528 g/mol. The first-order valence-electron chi connectivity index (χ1n) is 12.4. The van der Waals surface area contributed by atoms with E-state index in [2.05, 4.69) is 4.72 Å². The van der Waals surface area contributed by atoms with Gasteiger partial charge in [0.15, 0.2) is 0 Å². The molecule has 1 N–H and O–H groups in total. The second-order valence-corrected chi connectivity index (χ2v) is 10.9. The molecule has 7 heteroatoms. The van der Waals surface area contributed by atoms with Crippen LogP contribution in [0.1, 0.15) is 22.3 Å². The van der Waals surface area contributed by atoms with Crippen LogP contribution in [0.3, 0.4) is 0 Å². The Balaban J connectivity index is 1.68. The number of rotatable bonds is 11. The Labute approximate surface area is 225 Å². The van der Waals surface area contributed by atoms with E-state index in [0.717, 1.165) is 16.7 Å². The lowest BCUT2D eigenvalue weighted by molar-refractivity contribution is -0.134. The van der Waals surface area contributed by atoms with Crippen LogP contribution in [0, 0.1) is 6.92 Å². The predicted octanol–water partition coefficient (Wildman–Crippen LogP) is 5.12. The molecular formula is C31H32N2O4S. The lowest BCUT2D eigenvalue weighted by Crippen LogP contribution is -2.49. The fourth-order valence-corrected chi connectivity index (χ4v) is 5.62. The predicted molar refractivity (Wildman–Crippen MR) is 149 cm³/mol. The summed E-state index contributed by atoms with van der Waals surface area (Å²) in [5.41, 5.74) is 3.47. The van der Waals surface area contributed by atoms with Gasteiger partial charge in [-0.05, 0) is 53.8 Å². The number of ether oxygens (including phenoxy) is 1. The number of nitrogens with zero attached hydrogens (tertiary/aromatic N) is 1. The summed E-state index contributed by atoms with van der Waals surface area (Å²) in [7, 11) is -2.47. The number of amides is 1. The van der Waals surface area contributed by atoms with E-state index in [0.29, 0.717) is 24.4 Å². The number of carbonyl (C=O) groups excluding carboxylic acids is 1. The Morgan fingerprint density at radius 1 is 0.789 bits per heavy atom. The molecule has 0 radical (unpaired) electrons. The van der Waals surface area contributed by atoms with Gasteiger partial charge in [-0.1, -0.05) is 91.0 Å². The lowest BCUT2D eigenvalue weighted by atomic mass is 10.0. The largest absolute Gasteiger partial charge is 0.496 e. The summed E-state index contributed by atoms with van der Waals surface area (Å²) in [4.78, 5) is 15.9. The molecule has 38 heavy (non-hydrogen) atoms. The van der Waals surface area contributed by atoms with E-state index in [1.807, 2.05) is 91.0 Å². The highest BCUT2D eigenvalue weighted by atomic mass is 32.2. The van der Waals surface area contributed by atoms with E-state index in [9.17, 15) is 13.2 Å². The summed E-state index contributed by atoms with van der Waals surface area (Å²) in [5.74, 6) is 0.299. The Bertz CT molecular complexity index is 1400. The Kier molecular flexibility index (Phi) is 8.94. The zero-order chi connectivity index (χ0) is 27.0. The van der Waals surface area contributed by atoms with Crippen LogP contribution in [-0.2, 0) is 34.3 Å². The van der Waals surface area contributed by atoms with Crippen LogP contribution in [-0.4, -0.2) is 32.4 Å².